The summed E-state index contributed by atoms with van der Waals surface area (Å²) in [6.07, 6.45) is -0.709. The highest BCUT2D eigenvalue weighted by molar-refractivity contribution is 6.03. The minimum Gasteiger partial charge on any atom is -0.482 e. The zero-order valence-corrected chi connectivity index (χ0v) is 16.1. The summed E-state index contributed by atoms with van der Waals surface area (Å²) in [7, 11) is 0. The zero-order chi connectivity index (χ0) is 19.4. The zero-order valence-electron chi connectivity index (χ0n) is 15.3. The number of nitrogens with zero attached hydrogens (tertiary/aromatic N) is 2. The van der Waals surface area contributed by atoms with Crippen LogP contribution in [-0.2, 0) is 0 Å². The SMILES string of the molecule is Cc1ccc(NC(=O)c2ccn(C3CCCNC3)n2)c(OCC(F)(F)F)c1.Cl. The lowest BCUT2D eigenvalue weighted by Gasteiger charge is -2.22. The Kier molecular flexibility index (Phi) is 7.31. The molecule has 0 radical (unpaired) electrons. The summed E-state index contributed by atoms with van der Waals surface area (Å²) >= 11 is 0. The lowest BCUT2D eigenvalue weighted by molar-refractivity contribution is -0.153. The summed E-state index contributed by atoms with van der Waals surface area (Å²) < 4.78 is 43.9. The molecule has 1 unspecified atom stereocenters. The third kappa shape index (κ3) is 5.87. The topological polar surface area (TPSA) is 68.2 Å². The Morgan fingerprint density at radius 2 is 2.18 bits per heavy atom. The summed E-state index contributed by atoms with van der Waals surface area (Å²) in [4.78, 5) is 12.5. The second kappa shape index (κ2) is 9.29. The summed E-state index contributed by atoms with van der Waals surface area (Å²) in [6.45, 7) is 2.06. The van der Waals surface area contributed by atoms with Gasteiger partial charge in [-0.15, -0.1) is 12.4 Å². The Morgan fingerprint density at radius 1 is 1.39 bits per heavy atom. The van der Waals surface area contributed by atoms with Crippen LogP contribution in [0, 0.1) is 6.92 Å². The summed E-state index contributed by atoms with van der Waals surface area (Å²) in [5.74, 6) is -0.533. The van der Waals surface area contributed by atoms with Crippen molar-refractivity contribution in [1.29, 1.82) is 0 Å². The van der Waals surface area contributed by atoms with Crippen molar-refractivity contribution in [3.8, 4) is 5.75 Å². The van der Waals surface area contributed by atoms with E-state index in [1.54, 1.807) is 29.9 Å². The van der Waals surface area contributed by atoms with E-state index in [1.807, 2.05) is 0 Å². The molecule has 0 spiro atoms. The largest absolute Gasteiger partial charge is 0.482 e. The van der Waals surface area contributed by atoms with E-state index in [0.29, 0.717) is 0 Å². The lowest BCUT2D eigenvalue weighted by atomic mass is 10.1. The fourth-order valence-corrected chi connectivity index (χ4v) is 2.92. The molecular weight excluding hydrogens is 397 g/mol. The number of alkyl halides is 3. The first kappa shape index (κ1) is 22.0. The van der Waals surface area contributed by atoms with E-state index >= 15 is 0 Å². The van der Waals surface area contributed by atoms with Crippen molar-refractivity contribution in [3.05, 3.63) is 41.7 Å². The Balaban J connectivity index is 0.00000280. The first-order chi connectivity index (χ1) is 12.8. The second-order valence-electron chi connectivity index (χ2n) is 6.54. The fourth-order valence-electron chi connectivity index (χ4n) is 2.92. The van der Waals surface area contributed by atoms with Gasteiger partial charge in [-0.3, -0.25) is 9.48 Å². The number of benzene rings is 1. The molecule has 0 bridgehead atoms. The number of aromatic nitrogens is 2. The molecule has 1 fully saturated rings. The highest BCUT2D eigenvalue weighted by atomic mass is 35.5. The van der Waals surface area contributed by atoms with Gasteiger partial charge < -0.3 is 15.4 Å². The van der Waals surface area contributed by atoms with E-state index in [9.17, 15) is 18.0 Å². The molecular formula is C18H22ClF3N4O2. The predicted octanol–water partition coefficient (Wildman–Crippen LogP) is 3.73. The number of anilines is 1. The third-order valence-corrected chi connectivity index (χ3v) is 4.26. The average molecular weight is 419 g/mol. The number of piperidine rings is 1. The van der Waals surface area contributed by atoms with Gasteiger partial charge in [0, 0.05) is 12.7 Å². The second-order valence-corrected chi connectivity index (χ2v) is 6.54. The molecule has 3 rings (SSSR count). The summed E-state index contributed by atoms with van der Waals surface area (Å²) in [5, 5.41) is 10.2. The van der Waals surface area contributed by atoms with Gasteiger partial charge in [0.25, 0.3) is 5.91 Å². The molecule has 28 heavy (non-hydrogen) atoms. The molecule has 1 saturated heterocycles. The van der Waals surface area contributed by atoms with Crippen LogP contribution in [-0.4, -0.2) is 41.6 Å². The van der Waals surface area contributed by atoms with E-state index in [-0.39, 0.29) is 35.6 Å². The first-order valence-electron chi connectivity index (χ1n) is 8.69. The minimum atomic E-state index is -4.46. The maximum absolute atomic E-state index is 12.5. The molecule has 0 saturated carbocycles. The van der Waals surface area contributed by atoms with Gasteiger partial charge in [-0.2, -0.15) is 18.3 Å². The molecule has 10 heteroatoms. The number of ether oxygens (including phenoxy) is 1. The average Bonchev–Trinajstić information content (AvgIpc) is 3.12. The van der Waals surface area contributed by atoms with E-state index in [4.69, 9.17) is 4.74 Å². The molecule has 2 aromatic rings. The highest BCUT2D eigenvalue weighted by Crippen LogP contribution is 2.28. The Morgan fingerprint density at radius 3 is 2.86 bits per heavy atom. The van der Waals surface area contributed by atoms with Crippen molar-refractivity contribution in [1.82, 2.24) is 15.1 Å². The number of nitrogens with one attached hydrogen (secondary N) is 2. The summed E-state index contributed by atoms with van der Waals surface area (Å²) in [5.41, 5.74) is 1.09. The maximum atomic E-state index is 12.5. The quantitative estimate of drug-likeness (QED) is 0.776. The Hall–Kier alpha value is -2.26. The van der Waals surface area contributed by atoms with Crippen LogP contribution in [0.25, 0.3) is 0 Å². The monoisotopic (exact) mass is 418 g/mol. The third-order valence-electron chi connectivity index (χ3n) is 4.26. The standard InChI is InChI=1S/C18H21F3N4O2.ClH/c1-12-4-5-14(16(9-12)27-11-18(19,20)21)23-17(26)15-6-8-25(24-15)13-3-2-7-22-10-13;/h4-6,8-9,13,22H,2-3,7,10-11H2,1H3,(H,23,26);1H. The number of amides is 1. The number of hydrogen-bond acceptors (Lipinski definition) is 4. The molecule has 1 atom stereocenters. The number of aryl methyl sites for hydroxylation is 1. The van der Waals surface area contributed by atoms with Gasteiger partial charge in [0.15, 0.2) is 12.3 Å². The number of halogens is 4. The maximum Gasteiger partial charge on any atom is 0.422 e. The minimum absolute atomic E-state index is 0. The number of carbonyl (C=O) groups excluding carboxylic acids is 1. The molecule has 1 aromatic heterocycles. The van der Waals surface area contributed by atoms with Crippen molar-refractivity contribution < 1.29 is 22.7 Å². The molecule has 2 heterocycles. The molecule has 1 amide bonds. The van der Waals surface area contributed by atoms with Gasteiger partial charge in [0.1, 0.15) is 5.75 Å². The van der Waals surface area contributed by atoms with Gasteiger partial charge in [-0.1, -0.05) is 6.07 Å². The fraction of sp³-hybridized carbons (Fsp3) is 0.444. The molecule has 6 nitrogen and oxygen atoms in total. The van der Waals surface area contributed by atoms with E-state index in [2.05, 4.69) is 15.7 Å². The summed E-state index contributed by atoms with van der Waals surface area (Å²) in [6, 6.07) is 6.43. The van der Waals surface area contributed by atoms with Gasteiger partial charge in [-0.25, -0.2) is 0 Å². The van der Waals surface area contributed by atoms with Crippen molar-refractivity contribution in [3.63, 3.8) is 0 Å². The van der Waals surface area contributed by atoms with E-state index < -0.39 is 18.7 Å². The molecule has 0 aliphatic carbocycles. The predicted molar refractivity (Wildman–Crippen MR) is 101 cm³/mol. The van der Waals surface area contributed by atoms with Crippen LogP contribution in [0.4, 0.5) is 18.9 Å². The number of rotatable bonds is 5. The highest BCUT2D eigenvalue weighted by Gasteiger charge is 2.29. The van der Waals surface area contributed by atoms with Gasteiger partial charge in [0.05, 0.1) is 11.7 Å². The van der Waals surface area contributed by atoms with Crippen LogP contribution in [0.3, 0.4) is 0 Å². The lowest BCUT2D eigenvalue weighted by Crippen LogP contribution is -2.32. The molecule has 1 aromatic carbocycles. The van der Waals surface area contributed by atoms with Crippen LogP contribution < -0.4 is 15.4 Å². The van der Waals surface area contributed by atoms with Gasteiger partial charge >= 0.3 is 6.18 Å². The van der Waals surface area contributed by atoms with Gasteiger partial charge in [-0.05, 0) is 50.1 Å². The van der Waals surface area contributed by atoms with Crippen LogP contribution in [0.15, 0.2) is 30.5 Å². The van der Waals surface area contributed by atoms with E-state index in [0.717, 1.165) is 31.5 Å². The normalized spacial score (nSPS) is 16.9. The van der Waals surface area contributed by atoms with Crippen LogP contribution in [0.1, 0.15) is 34.9 Å². The number of carbonyl (C=O) groups is 1. The number of hydrogen-bond donors (Lipinski definition) is 2. The Bertz CT molecular complexity index is 804. The molecule has 2 N–H and O–H groups in total. The van der Waals surface area contributed by atoms with E-state index in [1.165, 1.54) is 12.1 Å². The van der Waals surface area contributed by atoms with Crippen molar-refractivity contribution in [2.75, 3.05) is 25.0 Å². The van der Waals surface area contributed by atoms with Crippen molar-refractivity contribution >= 4 is 24.0 Å². The molecule has 1 aliphatic rings. The first-order valence-corrected chi connectivity index (χ1v) is 8.69. The van der Waals surface area contributed by atoms with Crippen LogP contribution in [0.5, 0.6) is 5.75 Å². The molecule has 1 aliphatic heterocycles. The van der Waals surface area contributed by atoms with Crippen LogP contribution in [0.2, 0.25) is 0 Å². The van der Waals surface area contributed by atoms with Crippen molar-refractivity contribution in [2.24, 2.45) is 0 Å². The Labute approximate surface area is 166 Å². The van der Waals surface area contributed by atoms with Crippen LogP contribution >= 0.6 is 12.4 Å². The molecule has 154 valence electrons. The van der Waals surface area contributed by atoms with Gasteiger partial charge in [0.2, 0.25) is 0 Å². The van der Waals surface area contributed by atoms with Crippen molar-refractivity contribution in [2.45, 2.75) is 32.0 Å². The smallest absolute Gasteiger partial charge is 0.422 e.